The smallest absolute Gasteiger partial charge is 0.137 e. The van der Waals surface area contributed by atoms with Gasteiger partial charge >= 0.3 is 0 Å². The van der Waals surface area contributed by atoms with Crippen molar-refractivity contribution in [2.75, 3.05) is 0 Å². The second kappa shape index (κ2) is 3.43. The van der Waals surface area contributed by atoms with Gasteiger partial charge in [0.2, 0.25) is 0 Å². The molecule has 0 saturated heterocycles. The summed E-state index contributed by atoms with van der Waals surface area (Å²) in [6.45, 7) is 2.07. The predicted octanol–water partition coefficient (Wildman–Crippen LogP) is 3.48. The molecule has 1 saturated carbocycles. The van der Waals surface area contributed by atoms with Crippen molar-refractivity contribution in [2.45, 2.75) is 25.7 Å². The lowest BCUT2D eigenvalue weighted by Gasteiger charge is -2.33. The Balaban J connectivity index is 2.15. The Morgan fingerprint density at radius 2 is 2.46 bits per heavy atom. The molecule has 1 aliphatic rings. The Labute approximate surface area is 86.7 Å². The molecule has 0 aromatic carbocycles. The number of thiophene rings is 1. The molecule has 1 heterocycles. The Kier molecular flexibility index (Phi) is 2.43. The Morgan fingerprint density at radius 1 is 1.69 bits per heavy atom. The average molecular weight is 215 g/mol. The first-order chi connectivity index (χ1) is 6.22. The van der Waals surface area contributed by atoms with Gasteiger partial charge in [0.1, 0.15) is 5.78 Å². The first-order valence-electron chi connectivity index (χ1n) is 4.49. The van der Waals surface area contributed by atoms with Crippen LogP contribution in [-0.2, 0) is 4.79 Å². The molecule has 0 aliphatic heterocycles. The molecule has 3 heteroatoms. The highest BCUT2D eigenvalue weighted by molar-refractivity contribution is 7.14. The van der Waals surface area contributed by atoms with Crippen LogP contribution in [0, 0.1) is 5.92 Å². The summed E-state index contributed by atoms with van der Waals surface area (Å²) >= 11 is 7.40. The molecule has 2 rings (SSSR count). The normalized spacial score (nSPS) is 27.4. The van der Waals surface area contributed by atoms with Crippen LogP contribution < -0.4 is 0 Å². The predicted molar refractivity (Wildman–Crippen MR) is 55.5 cm³/mol. The molecule has 0 amide bonds. The molecule has 70 valence electrons. The Hall–Kier alpha value is -0.340. The molecular weight excluding hydrogens is 204 g/mol. The number of rotatable bonds is 2. The highest BCUT2D eigenvalue weighted by Crippen LogP contribution is 2.43. The van der Waals surface area contributed by atoms with Gasteiger partial charge in [0.05, 0.1) is 4.34 Å². The molecule has 0 radical (unpaired) electrons. The monoisotopic (exact) mass is 214 g/mol. The van der Waals surface area contributed by atoms with Crippen LogP contribution in [0.5, 0.6) is 0 Å². The largest absolute Gasteiger partial charge is 0.299 e. The van der Waals surface area contributed by atoms with Crippen molar-refractivity contribution in [3.05, 3.63) is 21.3 Å². The fourth-order valence-corrected chi connectivity index (χ4v) is 2.91. The third kappa shape index (κ3) is 1.53. The fraction of sp³-hybridized carbons (Fsp3) is 0.500. The number of carbonyl (C=O) groups is 1. The highest BCUT2D eigenvalue weighted by atomic mass is 35.5. The summed E-state index contributed by atoms with van der Waals surface area (Å²) in [4.78, 5) is 11.2. The van der Waals surface area contributed by atoms with Crippen molar-refractivity contribution in [3.8, 4) is 0 Å². The molecule has 13 heavy (non-hydrogen) atoms. The molecule has 1 fully saturated rings. The summed E-state index contributed by atoms with van der Waals surface area (Å²) in [5.41, 5.74) is 1.25. The number of halogens is 1. The van der Waals surface area contributed by atoms with Gasteiger partial charge in [-0.05, 0) is 23.4 Å². The topological polar surface area (TPSA) is 17.1 Å². The first-order valence-corrected chi connectivity index (χ1v) is 5.74. The van der Waals surface area contributed by atoms with E-state index >= 15 is 0 Å². The van der Waals surface area contributed by atoms with E-state index in [1.54, 1.807) is 11.3 Å². The number of Topliss-reactive ketones (excluding diaryl/α,β-unsaturated/α-hetero) is 1. The maximum Gasteiger partial charge on any atom is 0.137 e. The summed E-state index contributed by atoms with van der Waals surface area (Å²) in [5, 5.41) is 2.07. The molecule has 0 bridgehead atoms. The molecule has 2 unspecified atom stereocenters. The van der Waals surface area contributed by atoms with E-state index in [2.05, 4.69) is 12.3 Å². The molecule has 1 aromatic rings. The zero-order chi connectivity index (χ0) is 9.42. The quantitative estimate of drug-likeness (QED) is 0.737. The number of hydrogen-bond donors (Lipinski definition) is 0. The van der Waals surface area contributed by atoms with E-state index in [1.165, 1.54) is 5.56 Å². The maximum absolute atomic E-state index is 11.2. The standard InChI is InChI=1S/C10H11ClOS/c1-2-7-8(4-9(7)12)6-3-10(11)13-5-6/h3,5,7-8H,2,4H2,1H3. The van der Waals surface area contributed by atoms with Crippen molar-refractivity contribution in [2.24, 2.45) is 5.92 Å². The maximum atomic E-state index is 11.2. The summed E-state index contributed by atoms with van der Waals surface area (Å²) in [6.07, 6.45) is 1.67. The third-order valence-corrected chi connectivity index (χ3v) is 3.89. The van der Waals surface area contributed by atoms with Gasteiger partial charge in [0.15, 0.2) is 0 Å². The molecule has 2 atom stereocenters. The van der Waals surface area contributed by atoms with E-state index in [4.69, 9.17) is 11.6 Å². The zero-order valence-electron chi connectivity index (χ0n) is 7.42. The van der Waals surface area contributed by atoms with Gasteiger partial charge in [-0.1, -0.05) is 18.5 Å². The highest BCUT2D eigenvalue weighted by Gasteiger charge is 2.39. The van der Waals surface area contributed by atoms with Gasteiger partial charge in [-0.25, -0.2) is 0 Å². The van der Waals surface area contributed by atoms with Crippen LogP contribution in [0.1, 0.15) is 31.2 Å². The van der Waals surface area contributed by atoms with Crippen molar-refractivity contribution < 1.29 is 4.79 Å². The molecule has 1 aliphatic carbocycles. The molecular formula is C10H11ClOS. The molecule has 0 N–H and O–H groups in total. The lowest BCUT2D eigenvalue weighted by Crippen LogP contribution is -2.34. The van der Waals surface area contributed by atoms with Crippen LogP contribution in [0.15, 0.2) is 11.4 Å². The summed E-state index contributed by atoms with van der Waals surface area (Å²) < 4.78 is 0.823. The van der Waals surface area contributed by atoms with Crippen LogP contribution in [0.4, 0.5) is 0 Å². The van der Waals surface area contributed by atoms with E-state index < -0.39 is 0 Å². The summed E-state index contributed by atoms with van der Waals surface area (Å²) in [5.74, 6) is 1.11. The van der Waals surface area contributed by atoms with Crippen LogP contribution in [0.3, 0.4) is 0 Å². The summed E-state index contributed by atoms with van der Waals surface area (Å²) in [6, 6.07) is 1.99. The third-order valence-electron chi connectivity index (χ3n) is 2.78. The van der Waals surface area contributed by atoms with E-state index in [0.29, 0.717) is 18.1 Å². The minimum absolute atomic E-state index is 0.255. The SMILES string of the molecule is CCC1C(=O)CC1c1csc(Cl)c1. The van der Waals surface area contributed by atoms with Crippen LogP contribution in [0.25, 0.3) is 0 Å². The minimum atomic E-state index is 0.255. The first kappa shape index (κ1) is 9.22. The van der Waals surface area contributed by atoms with Crippen LogP contribution in [-0.4, -0.2) is 5.78 Å². The van der Waals surface area contributed by atoms with Crippen molar-refractivity contribution in [1.82, 2.24) is 0 Å². The summed E-state index contributed by atoms with van der Waals surface area (Å²) in [7, 11) is 0. The molecule has 1 aromatic heterocycles. The lowest BCUT2D eigenvalue weighted by atomic mass is 9.68. The second-order valence-corrected chi connectivity index (χ2v) is 5.02. The molecule has 1 nitrogen and oxygen atoms in total. The molecule has 0 spiro atoms. The van der Waals surface area contributed by atoms with Gasteiger partial charge in [-0.15, -0.1) is 11.3 Å². The minimum Gasteiger partial charge on any atom is -0.299 e. The average Bonchev–Trinajstić information content (AvgIpc) is 2.48. The van der Waals surface area contributed by atoms with Gasteiger partial charge in [-0.2, -0.15) is 0 Å². The van der Waals surface area contributed by atoms with Gasteiger partial charge in [0.25, 0.3) is 0 Å². The van der Waals surface area contributed by atoms with E-state index in [-0.39, 0.29) is 5.92 Å². The number of ketones is 1. The van der Waals surface area contributed by atoms with E-state index in [0.717, 1.165) is 10.8 Å². The fourth-order valence-electron chi connectivity index (χ4n) is 1.95. The lowest BCUT2D eigenvalue weighted by molar-refractivity contribution is -0.131. The second-order valence-electron chi connectivity index (χ2n) is 3.48. The van der Waals surface area contributed by atoms with E-state index in [1.807, 2.05) is 6.07 Å². The van der Waals surface area contributed by atoms with Gasteiger partial charge in [0, 0.05) is 18.3 Å². The zero-order valence-corrected chi connectivity index (χ0v) is 8.99. The van der Waals surface area contributed by atoms with Crippen molar-refractivity contribution in [1.29, 1.82) is 0 Å². The van der Waals surface area contributed by atoms with Crippen molar-refractivity contribution in [3.63, 3.8) is 0 Å². The Morgan fingerprint density at radius 3 is 2.92 bits per heavy atom. The van der Waals surface area contributed by atoms with Gasteiger partial charge in [-0.3, -0.25) is 4.79 Å². The van der Waals surface area contributed by atoms with Gasteiger partial charge < -0.3 is 0 Å². The Bertz CT molecular complexity index is 331. The van der Waals surface area contributed by atoms with Crippen LogP contribution in [0.2, 0.25) is 4.34 Å². The number of carbonyl (C=O) groups excluding carboxylic acids is 1. The van der Waals surface area contributed by atoms with E-state index in [9.17, 15) is 4.79 Å². The number of hydrogen-bond acceptors (Lipinski definition) is 2. The van der Waals surface area contributed by atoms with Crippen molar-refractivity contribution >= 4 is 28.7 Å². The van der Waals surface area contributed by atoms with Crippen LogP contribution >= 0.6 is 22.9 Å².